The second-order valence-electron chi connectivity index (χ2n) is 6.94. The second kappa shape index (κ2) is 10.8. The van der Waals surface area contributed by atoms with Crippen LogP contribution in [0.3, 0.4) is 0 Å². The molecule has 0 radical (unpaired) electrons. The van der Waals surface area contributed by atoms with Gasteiger partial charge in [0.15, 0.2) is 6.29 Å². The van der Waals surface area contributed by atoms with E-state index in [-0.39, 0.29) is 5.56 Å². The van der Waals surface area contributed by atoms with Crippen molar-refractivity contribution in [3.63, 3.8) is 0 Å². The van der Waals surface area contributed by atoms with Crippen LogP contribution in [0.1, 0.15) is 75.6 Å². The Bertz CT molecular complexity index is 739. The van der Waals surface area contributed by atoms with Crippen molar-refractivity contribution < 1.29 is 9.21 Å². The Morgan fingerprint density at radius 3 is 2.15 bits per heavy atom. The molecule has 0 aliphatic rings. The molecular weight excluding hydrogens is 326 g/mol. The van der Waals surface area contributed by atoms with Crippen molar-refractivity contribution >= 4 is 22.9 Å². The molecule has 0 unspecified atom stereocenters. The van der Waals surface area contributed by atoms with E-state index in [1.54, 1.807) is 6.07 Å². The number of carbonyl (C=O) groups excluding carboxylic acids is 1. The predicted molar refractivity (Wildman–Crippen MR) is 108 cm³/mol. The number of carbonyl (C=O) groups is 1. The first kappa shape index (κ1) is 20.2. The van der Waals surface area contributed by atoms with Gasteiger partial charge in [0.1, 0.15) is 11.1 Å². The van der Waals surface area contributed by atoms with E-state index in [4.69, 9.17) is 4.42 Å². The van der Waals surface area contributed by atoms with Crippen LogP contribution in [0, 0.1) is 0 Å². The molecule has 4 heteroatoms. The Morgan fingerprint density at radius 1 is 0.923 bits per heavy atom. The molecule has 0 atom stereocenters. The van der Waals surface area contributed by atoms with Crippen LogP contribution in [0.2, 0.25) is 0 Å². The van der Waals surface area contributed by atoms with Crippen LogP contribution in [-0.4, -0.2) is 19.4 Å². The third-order valence-electron chi connectivity index (χ3n) is 4.80. The van der Waals surface area contributed by atoms with E-state index in [0.717, 1.165) is 24.2 Å². The summed E-state index contributed by atoms with van der Waals surface area (Å²) in [5, 5.41) is 0.785. The Morgan fingerprint density at radius 2 is 1.58 bits per heavy atom. The number of aldehydes is 1. The van der Waals surface area contributed by atoms with E-state index in [2.05, 4.69) is 24.8 Å². The largest absolute Gasteiger partial charge is 0.422 e. The average Bonchev–Trinajstić information content (AvgIpc) is 2.65. The fourth-order valence-corrected chi connectivity index (χ4v) is 3.22. The molecular formula is C22H31NO3. The van der Waals surface area contributed by atoms with Crippen LogP contribution >= 0.6 is 0 Å². The summed E-state index contributed by atoms with van der Waals surface area (Å²) in [5.41, 5.74) is 1.14. The number of fused-ring (bicyclic) bond motifs is 1. The van der Waals surface area contributed by atoms with Crippen LogP contribution < -0.4 is 10.5 Å². The van der Waals surface area contributed by atoms with Gasteiger partial charge in [-0.25, -0.2) is 4.79 Å². The number of nitrogens with zero attached hydrogens (tertiary/aromatic N) is 1. The fraction of sp³-hybridized carbons (Fsp3) is 0.545. The minimum absolute atomic E-state index is 0.0706. The molecule has 1 heterocycles. The summed E-state index contributed by atoms with van der Waals surface area (Å²) in [6.45, 7) is 6.49. The number of unbranched alkanes of at least 4 members (excludes halogenated alkanes) is 6. The Kier molecular flexibility index (Phi) is 8.39. The van der Waals surface area contributed by atoms with Gasteiger partial charge in [-0.2, -0.15) is 0 Å². The van der Waals surface area contributed by atoms with Crippen molar-refractivity contribution in [1.82, 2.24) is 0 Å². The van der Waals surface area contributed by atoms with Gasteiger partial charge in [0.2, 0.25) is 0 Å². The minimum atomic E-state index is -0.568. The van der Waals surface area contributed by atoms with Crippen molar-refractivity contribution in [1.29, 1.82) is 0 Å². The summed E-state index contributed by atoms with van der Waals surface area (Å²) in [5.74, 6) is 0. The average molecular weight is 357 g/mol. The maximum atomic E-state index is 11.8. The lowest BCUT2D eigenvalue weighted by Gasteiger charge is -2.25. The smallest absolute Gasteiger partial charge is 0.346 e. The van der Waals surface area contributed by atoms with Gasteiger partial charge >= 0.3 is 5.63 Å². The monoisotopic (exact) mass is 357 g/mol. The van der Waals surface area contributed by atoms with Crippen LogP contribution in [-0.2, 0) is 0 Å². The molecule has 0 bridgehead atoms. The zero-order valence-electron chi connectivity index (χ0n) is 16.1. The van der Waals surface area contributed by atoms with Gasteiger partial charge in [0.05, 0.1) is 0 Å². The molecule has 0 saturated heterocycles. The van der Waals surface area contributed by atoms with E-state index in [1.165, 1.54) is 51.4 Å². The topological polar surface area (TPSA) is 50.5 Å². The van der Waals surface area contributed by atoms with Crippen molar-refractivity contribution in [2.24, 2.45) is 0 Å². The molecule has 4 nitrogen and oxygen atoms in total. The van der Waals surface area contributed by atoms with Gasteiger partial charge in [0.25, 0.3) is 0 Å². The van der Waals surface area contributed by atoms with E-state index < -0.39 is 5.63 Å². The third kappa shape index (κ3) is 5.72. The first-order valence-electron chi connectivity index (χ1n) is 9.97. The predicted octanol–water partition coefficient (Wildman–Crippen LogP) is 5.57. The zero-order valence-corrected chi connectivity index (χ0v) is 16.1. The molecule has 26 heavy (non-hydrogen) atoms. The molecule has 0 saturated carbocycles. The molecule has 0 N–H and O–H groups in total. The van der Waals surface area contributed by atoms with Crippen molar-refractivity contribution in [2.75, 3.05) is 18.0 Å². The van der Waals surface area contributed by atoms with Crippen LogP contribution in [0.5, 0.6) is 0 Å². The van der Waals surface area contributed by atoms with E-state index in [1.807, 2.05) is 12.1 Å². The second-order valence-corrected chi connectivity index (χ2v) is 6.94. The summed E-state index contributed by atoms with van der Waals surface area (Å²) in [6, 6.07) is 7.54. The number of hydrogen-bond acceptors (Lipinski definition) is 4. The maximum absolute atomic E-state index is 11.8. The highest BCUT2D eigenvalue weighted by atomic mass is 16.4. The summed E-state index contributed by atoms with van der Waals surface area (Å²) in [6.07, 6.45) is 10.4. The van der Waals surface area contributed by atoms with Crippen LogP contribution in [0.25, 0.3) is 11.0 Å². The molecule has 2 aromatic rings. The first-order valence-corrected chi connectivity index (χ1v) is 9.97. The maximum Gasteiger partial charge on any atom is 0.346 e. The molecule has 0 aliphatic carbocycles. The third-order valence-corrected chi connectivity index (χ3v) is 4.80. The van der Waals surface area contributed by atoms with Crippen LogP contribution in [0.15, 0.2) is 33.5 Å². The number of anilines is 1. The highest BCUT2D eigenvalue weighted by Gasteiger charge is 2.10. The summed E-state index contributed by atoms with van der Waals surface area (Å²) >= 11 is 0. The molecule has 2 rings (SSSR count). The molecule has 0 aliphatic heterocycles. The molecule has 0 spiro atoms. The number of benzene rings is 1. The standard InChI is InChI=1S/C22H31NO3/c1-3-5-7-9-13-23(14-10-8-6-4-2)20-12-11-18-15-19(17-24)22(25)26-21(18)16-20/h11-12,15-17H,3-10,13-14H2,1-2H3. The van der Waals surface area contributed by atoms with Gasteiger partial charge in [0, 0.05) is 30.2 Å². The highest BCUT2D eigenvalue weighted by Crippen LogP contribution is 2.23. The summed E-state index contributed by atoms with van der Waals surface area (Å²) < 4.78 is 5.35. The minimum Gasteiger partial charge on any atom is -0.422 e. The number of rotatable bonds is 12. The molecule has 142 valence electrons. The summed E-state index contributed by atoms with van der Waals surface area (Å²) in [4.78, 5) is 25.1. The highest BCUT2D eigenvalue weighted by molar-refractivity contribution is 5.86. The van der Waals surface area contributed by atoms with Crippen molar-refractivity contribution in [2.45, 2.75) is 65.2 Å². The van der Waals surface area contributed by atoms with Gasteiger partial charge in [-0.05, 0) is 31.0 Å². The fourth-order valence-electron chi connectivity index (χ4n) is 3.22. The Hall–Kier alpha value is -2.10. The zero-order chi connectivity index (χ0) is 18.8. The molecule has 1 aromatic heterocycles. The lowest BCUT2D eigenvalue weighted by molar-refractivity contribution is 0.112. The lowest BCUT2D eigenvalue weighted by Crippen LogP contribution is -2.25. The quantitative estimate of drug-likeness (QED) is 0.283. The van der Waals surface area contributed by atoms with Crippen molar-refractivity contribution in [3.05, 3.63) is 40.2 Å². The normalized spacial score (nSPS) is 11.0. The first-order chi connectivity index (χ1) is 12.7. The van der Waals surface area contributed by atoms with E-state index in [9.17, 15) is 9.59 Å². The molecule has 1 aromatic carbocycles. The van der Waals surface area contributed by atoms with Gasteiger partial charge < -0.3 is 9.32 Å². The Labute approximate surface area is 156 Å². The number of hydrogen-bond donors (Lipinski definition) is 0. The van der Waals surface area contributed by atoms with Crippen LogP contribution in [0.4, 0.5) is 5.69 Å². The molecule has 0 amide bonds. The summed E-state index contributed by atoms with van der Waals surface area (Å²) in [7, 11) is 0. The SMILES string of the molecule is CCCCCCN(CCCCCC)c1ccc2cc(C=O)c(=O)oc2c1. The van der Waals surface area contributed by atoms with Gasteiger partial charge in [-0.15, -0.1) is 0 Å². The van der Waals surface area contributed by atoms with Gasteiger partial charge in [-0.3, -0.25) is 4.79 Å². The van der Waals surface area contributed by atoms with Gasteiger partial charge in [-0.1, -0.05) is 52.4 Å². The molecule has 0 fully saturated rings. The van der Waals surface area contributed by atoms with E-state index >= 15 is 0 Å². The van der Waals surface area contributed by atoms with Crippen molar-refractivity contribution in [3.8, 4) is 0 Å². The van der Waals surface area contributed by atoms with E-state index in [0.29, 0.717) is 11.9 Å². The lowest BCUT2D eigenvalue weighted by atomic mass is 10.1. The Balaban J connectivity index is 2.18.